The van der Waals surface area contributed by atoms with Crippen molar-refractivity contribution in [2.45, 2.75) is 18.9 Å². The van der Waals surface area contributed by atoms with E-state index >= 15 is 0 Å². The second kappa shape index (κ2) is 6.90. The molecule has 1 atom stereocenters. The molecule has 0 spiro atoms. The Hall–Kier alpha value is -2.23. The first-order valence-corrected chi connectivity index (χ1v) is 7.66. The summed E-state index contributed by atoms with van der Waals surface area (Å²) in [5.74, 6) is 0.642. The highest BCUT2D eigenvalue weighted by Gasteiger charge is 2.19. The summed E-state index contributed by atoms with van der Waals surface area (Å²) < 4.78 is 15.9. The topological polar surface area (TPSA) is 80.6 Å². The van der Waals surface area contributed by atoms with Crippen LogP contribution in [0.25, 0.3) is 6.08 Å². The molecule has 0 saturated carbocycles. The van der Waals surface area contributed by atoms with Crippen LogP contribution >= 0.6 is 11.6 Å². The molecule has 120 valence electrons. The second-order valence-electron chi connectivity index (χ2n) is 5.24. The van der Waals surface area contributed by atoms with Gasteiger partial charge in [0.1, 0.15) is 11.6 Å². The van der Waals surface area contributed by atoms with Gasteiger partial charge in [0.25, 0.3) is 5.91 Å². The van der Waals surface area contributed by atoms with E-state index in [1.54, 1.807) is 12.1 Å². The number of carbonyl (C=O) groups is 1. The fraction of sp³-hybridized carbons (Fsp3) is 0.375. The highest BCUT2D eigenvalue weighted by Crippen LogP contribution is 2.37. The van der Waals surface area contributed by atoms with Gasteiger partial charge in [-0.2, -0.15) is 5.26 Å². The lowest BCUT2D eigenvalue weighted by Gasteiger charge is -2.10. The predicted octanol–water partition coefficient (Wildman–Crippen LogP) is 2.27. The lowest BCUT2D eigenvalue weighted by molar-refractivity contribution is -0.117. The van der Waals surface area contributed by atoms with Crippen LogP contribution in [0, 0.1) is 11.3 Å². The smallest absolute Gasteiger partial charge is 0.262 e. The van der Waals surface area contributed by atoms with Gasteiger partial charge in [-0.05, 0) is 30.5 Å². The van der Waals surface area contributed by atoms with Crippen LogP contribution < -0.4 is 14.8 Å². The van der Waals surface area contributed by atoms with Gasteiger partial charge in [0.15, 0.2) is 11.5 Å². The first kappa shape index (κ1) is 15.7. The van der Waals surface area contributed by atoms with Gasteiger partial charge < -0.3 is 19.5 Å². The number of hydrogen-bond donors (Lipinski definition) is 1. The lowest BCUT2D eigenvalue weighted by Crippen LogP contribution is -2.32. The van der Waals surface area contributed by atoms with Gasteiger partial charge in [-0.25, -0.2) is 0 Å². The third-order valence-electron chi connectivity index (χ3n) is 3.67. The van der Waals surface area contributed by atoms with Gasteiger partial charge in [0, 0.05) is 19.2 Å². The van der Waals surface area contributed by atoms with E-state index in [0.29, 0.717) is 35.2 Å². The second-order valence-corrected chi connectivity index (χ2v) is 5.65. The first-order chi connectivity index (χ1) is 11.2. The van der Waals surface area contributed by atoms with Gasteiger partial charge in [-0.3, -0.25) is 4.79 Å². The number of nitriles is 1. The number of amides is 1. The van der Waals surface area contributed by atoms with Crippen LogP contribution in [-0.2, 0) is 9.53 Å². The molecule has 0 radical (unpaired) electrons. The zero-order valence-electron chi connectivity index (χ0n) is 12.3. The van der Waals surface area contributed by atoms with E-state index < -0.39 is 5.91 Å². The maximum atomic E-state index is 12.1. The summed E-state index contributed by atoms with van der Waals surface area (Å²) in [6, 6.07) is 5.15. The molecule has 1 N–H and O–H groups in total. The molecule has 2 aliphatic heterocycles. The van der Waals surface area contributed by atoms with Crippen LogP contribution in [0.2, 0.25) is 5.02 Å². The van der Waals surface area contributed by atoms with Crippen LogP contribution in [0.3, 0.4) is 0 Å². The number of ether oxygens (including phenoxy) is 3. The van der Waals surface area contributed by atoms with E-state index in [1.807, 2.05) is 6.07 Å². The molecule has 23 heavy (non-hydrogen) atoms. The fourth-order valence-corrected chi connectivity index (χ4v) is 2.66. The molecule has 2 heterocycles. The third kappa shape index (κ3) is 3.58. The molecule has 1 aromatic rings. The predicted molar refractivity (Wildman–Crippen MR) is 83.1 cm³/mol. The van der Waals surface area contributed by atoms with Crippen LogP contribution in [0.15, 0.2) is 17.7 Å². The van der Waals surface area contributed by atoms with E-state index in [4.69, 9.17) is 25.8 Å². The molecule has 7 heteroatoms. The highest BCUT2D eigenvalue weighted by molar-refractivity contribution is 6.32. The summed E-state index contributed by atoms with van der Waals surface area (Å²) in [6.45, 7) is 1.24. The molecule has 1 saturated heterocycles. The largest absolute Gasteiger partial charge is 0.454 e. The maximum absolute atomic E-state index is 12.1. The van der Waals surface area contributed by atoms with Crippen molar-refractivity contribution in [1.82, 2.24) is 5.32 Å². The first-order valence-electron chi connectivity index (χ1n) is 7.28. The molecule has 2 aliphatic rings. The standard InChI is InChI=1S/C16H15ClN2O4/c17-13-6-15-14(22-9-23-15)5-10(13)4-11(7-18)16(20)19-8-12-2-1-3-21-12/h4-6,12H,1-3,8-9H2,(H,19,20)/b11-4+/t12-/m0/s1. The minimum absolute atomic E-state index is 0.0213. The Morgan fingerprint density at radius 1 is 1.43 bits per heavy atom. The highest BCUT2D eigenvalue weighted by atomic mass is 35.5. The van der Waals surface area contributed by atoms with Gasteiger partial charge in [-0.15, -0.1) is 0 Å². The Labute approximate surface area is 138 Å². The molecule has 1 aromatic carbocycles. The summed E-state index contributed by atoms with van der Waals surface area (Å²) in [4.78, 5) is 12.1. The quantitative estimate of drug-likeness (QED) is 0.675. The number of benzene rings is 1. The zero-order valence-corrected chi connectivity index (χ0v) is 13.1. The number of nitrogens with zero attached hydrogens (tertiary/aromatic N) is 1. The maximum Gasteiger partial charge on any atom is 0.262 e. The number of carbonyl (C=O) groups excluding carboxylic acids is 1. The van der Waals surface area contributed by atoms with Crippen molar-refractivity contribution >= 4 is 23.6 Å². The molecule has 0 aromatic heterocycles. The van der Waals surface area contributed by atoms with Gasteiger partial charge in [0.05, 0.1) is 11.1 Å². The van der Waals surface area contributed by atoms with E-state index in [9.17, 15) is 10.1 Å². The number of fused-ring (bicyclic) bond motifs is 1. The summed E-state index contributed by atoms with van der Waals surface area (Å²) in [5, 5.41) is 12.3. The summed E-state index contributed by atoms with van der Waals surface area (Å²) in [6.07, 6.45) is 3.37. The van der Waals surface area contributed by atoms with Gasteiger partial charge in [-0.1, -0.05) is 11.6 Å². The average molecular weight is 335 g/mol. The summed E-state index contributed by atoms with van der Waals surface area (Å²) in [5.41, 5.74) is 0.503. The van der Waals surface area contributed by atoms with E-state index in [-0.39, 0.29) is 18.5 Å². The normalized spacial score (nSPS) is 19.5. The number of nitrogens with one attached hydrogen (secondary N) is 1. The Bertz CT molecular complexity index is 690. The van der Waals surface area contributed by atoms with Crippen LogP contribution in [0.5, 0.6) is 11.5 Å². The van der Waals surface area contributed by atoms with Crippen molar-refractivity contribution in [3.8, 4) is 17.6 Å². The Morgan fingerprint density at radius 3 is 2.91 bits per heavy atom. The number of rotatable bonds is 4. The van der Waals surface area contributed by atoms with Crippen LogP contribution in [0.1, 0.15) is 18.4 Å². The Kier molecular flexibility index (Phi) is 4.70. The molecule has 1 amide bonds. The zero-order chi connectivity index (χ0) is 16.2. The van der Waals surface area contributed by atoms with Gasteiger partial charge in [0.2, 0.25) is 6.79 Å². The summed E-state index contributed by atoms with van der Waals surface area (Å²) in [7, 11) is 0. The average Bonchev–Trinajstić information content (AvgIpc) is 3.21. The van der Waals surface area contributed by atoms with Crippen molar-refractivity contribution in [1.29, 1.82) is 5.26 Å². The molecular weight excluding hydrogens is 320 g/mol. The minimum Gasteiger partial charge on any atom is -0.454 e. The number of hydrogen-bond acceptors (Lipinski definition) is 5. The molecule has 0 bridgehead atoms. The van der Waals surface area contributed by atoms with Gasteiger partial charge >= 0.3 is 0 Å². The molecule has 1 fully saturated rings. The van der Waals surface area contributed by atoms with E-state index in [1.165, 1.54) is 6.08 Å². The van der Waals surface area contributed by atoms with E-state index in [2.05, 4.69) is 5.32 Å². The van der Waals surface area contributed by atoms with Crippen molar-refractivity contribution in [2.75, 3.05) is 19.9 Å². The molecule has 3 rings (SSSR count). The minimum atomic E-state index is -0.447. The van der Waals surface area contributed by atoms with Crippen molar-refractivity contribution in [3.05, 3.63) is 28.3 Å². The SMILES string of the molecule is N#C/C(=C\c1cc2c(cc1Cl)OCO2)C(=O)NC[C@@H]1CCCO1. The Morgan fingerprint density at radius 2 is 2.22 bits per heavy atom. The van der Waals surface area contributed by atoms with E-state index in [0.717, 1.165) is 12.8 Å². The Balaban J connectivity index is 1.73. The van der Waals surface area contributed by atoms with Crippen molar-refractivity contribution in [2.24, 2.45) is 0 Å². The molecule has 0 aliphatic carbocycles. The fourth-order valence-electron chi connectivity index (χ4n) is 2.45. The monoisotopic (exact) mass is 334 g/mol. The molecular formula is C16H15ClN2O4. The van der Waals surface area contributed by atoms with Crippen molar-refractivity contribution in [3.63, 3.8) is 0 Å². The molecule has 0 unspecified atom stereocenters. The molecule has 6 nitrogen and oxygen atoms in total. The number of halogens is 1. The van der Waals surface area contributed by atoms with Crippen molar-refractivity contribution < 1.29 is 19.0 Å². The van der Waals surface area contributed by atoms with Crippen LogP contribution in [-0.4, -0.2) is 32.0 Å². The summed E-state index contributed by atoms with van der Waals surface area (Å²) >= 11 is 6.15. The third-order valence-corrected chi connectivity index (χ3v) is 4.00. The lowest BCUT2D eigenvalue weighted by atomic mass is 10.1. The van der Waals surface area contributed by atoms with Crippen LogP contribution in [0.4, 0.5) is 0 Å².